The van der Waals surface area contributed by atoms with Crippen LogP contribution in [0.3, 0.4) is 0 Å². The number of hydrogen-bond acceptors (Lipinski definition) is 7. The van der Waals surface area contributed by atoms with Gasteiger partial charge in [0.15, 0.2) is 5.78 Å². The van der Waals surface area contributed by atoms with Crippen LogP contribution in [0.5, 0.6) is 5.75 Å². The molecule has 4 rings (SSSR count). The molecule has 0 aliphatic carbocycles. The number of nitrogen functional groups attached to an aromatic ring is 1. The Morgan fingerprint density at radius 2 is 1.73 bits per heavy atom. The molecule has 0 radical (unpaired) electrons. The lowest BCUT2D eigenvalue weighted by Gasteiger charge is -2.24. The third-order valence-electron chi connectivity index (χ3n) is 7.62. The fraction of sp³-hybridized carbons (Fsp3) is 0.467. The van der Waals surface area contributed by atoms with Crippen LogP contribution >= 0.6 is 19.4 Å². The van der Waals surface area contributed by atoms with Gasteiger partial charge in [0, 0.05) is 36.0 Å². The van der Waals surface area contributed by atoms with E-state index in [4.69, 9.17) is 15.7 Å². The summed E-state index contributed by atoms with van der Waals surface area (Å²) in [5, 5.41) is 19.5. The molecule has 0 spiro atoms. The highest BCUT2D eigenvalue weighted by Crippen LogP contribution is 2.54. The summed E-state index contributed by atoms with van der Waals surface area (Å²) < 4.78 is 18.8. The quantitative estimate of drug-likeness (QED) is 0.0444. The number of thioether (sulfide) groups is 1. The van der Waals surface area contributed by atoms with Gasteiger partial charge in [-0.25, -0.2) is 9.36 Å². The molecule has 2 aromatic rings. The van der Waals surface area contributed by atoms with Crippen molar-refractivity contribution in [1.82, 2.24) is 21.3 Å². The Hall–Kier alpha value is -3.54. The number of nitrogens with two attached hydrogens (primary N) is 1. The Bertz CT molecular complexity index is 1350. The lowest BCUT2D eigenvalue weighted by atomic mass is 10.0. The molecule has 44 heavy (non-hydrogen) atoms. The Labute approximate surface area is 261 Å². The maximum Gasteiger partial charge on any atom is 0.403 e. The van der Waals surface area contributed by atoms with E-state index in [9.17, 15) is 23.8 Å². The molecule has 0 aromatic heterocycles. The van der Waals surface area contributed by atoms with E-state index in [0.29, 0.717) is 48.6 Å². The number of amidine groups is 1. The van der Waals surface area contributed by atoms with Gasteiger partial charge in [-0.1, -0.05) is 55.3 Å². The maximum atomic E-state index is 13.3. The number of nitrogens with one attached hydrogen (secondary N) is 5. The number of fused-ring (bicyclic) bond motifs is 1. The van der Waals surface area contributed by atoms with Crippen molar-refractivity contribution in [3.05, 3.63) is 65.7 Å². The number of urea groups is 1. The van der Waals surface area contributed by atoms with Crippen LogP contribution in [0.15, 0.2) is 54.6 Å². The van der Waals surface area contributed by atoms with Crippen LogP contribution in [-0.4, -0.2) is 58.2 Å². The molecule has 0 saturated carbocycles. The molecule has 2 unspecified atom stereocenters. The van der Waals surface area contributed by atoms with E-state index in [1.54, 1.807) is 42.5 Å². The number of hydrogen-bond donors (Lipinski definition) is 7. The maximum absolute atomic E-state index is 13.3. The molecular formula is C30H41N6O6PS. The third-order valence-corrected chi connectivity index (χ3v) is 10.7. The van der Waals surface area contributed by atoms with Gasteiger partial charge in [0.1, 0.15) is 11.6 Å². The molecule has 2 fully saturated rings. The van der Waals surface area contributed by atoms with Crippen molar-refractivity contribution in [3.63, 3.8) is 0 Å². The lowest BCUT2D eigenvalue weighted by Crippen LogP contribution is -2.36. The average Bonchev–Trinajstić information content (AvgIpc) is 3.55. The molecular weight excluding hydrogens is 603 g/mol. The smallest absolute Gasteiger partial charge is 0.403 e. The highest BCUT2D eigenvalue weighted by molar-refractivity contribution is 8.00. The number of rotatable bonds is 17. The summed E-state index contributed by atoms with van der Waals surface area (Å²) in [4.78, 5) is 47.4. The van der Waals surface area contributed by atoms with Gasteiger partial charge in [0.05, 0.1) is 12.1 Å². The largest absolute Gasteiger partial charge is 0.423 e. The van der Waals surface area contributed by atoms with Gasteiger partial charge in [0.2, 0.25) is 11.8 Å². The predicted molar refractivity (Wildman–Crippen MR) is 171 cm³/mol. The zero-order valence-corrected chi connectivity index (χ0v) is 26.2. The summed E-state index contributed by atoms with van der Waals surface area (Å²) in [7, 11) is -4.41. The summed E-state index contributed by atoms with van der Waals surface area (Å²) in [5.41, 5.74) is 6.32. The molecule has 238 valence electrons. The molecule has 0 bridgehead atoms. The molecule has 4 amide bonds. The summed E-state index contributed by atoms with van der Waals surface area (Å²) in [6.45, 7) is 0.516. The fourth-order valence-corrected chi connectivity index (χ4v) is 8.21. The van der Waals surface area contributed by atoms with Crippen LogP contribution in [0, 0.1) is 5.41 Å². The Balaban J connectivity index is 1.15. The molecule has 14 heteroatoms. The zero-order valence-electron chi connectivity index (χ0n) is 24.5. The molecule has 12 nitrogen and oxygen atoms in total. The van der Waals surface area contributed by atoms with Crippen LogP contribution in [0.25, 0.3) is 0 Å². The van der Waals surface area contributed by atoms with Gasteiger partial charge in [0.25, 0.3) is 0 Å². The van der Waals surface area contributed by atoms with E-state index in [2.05, 4.69) is 21.3 Å². The van der Waals surface area contributed by atoms with Gasteiger partial charge in [-0.3, -0.25) is 15.0 Å². The van der Waals surface area contributed by atoms with Crippen molar-refractivity contribution >= 4 is 43.0 Å². The van der Waals surface area contributed by atoms with Gasteiger partial charge >= 0.3 is 13.6 Å². The molecule has 2 aromatic carbocycles. The second-order valence-electron chi connectivity index (χ2n) is 11.0. The number of unbranched alkanes of at least 4 members (excludes halogenated alkanes) is 3. The van der Waals surface area contributed by atoms with Crippen molar-refractivity contribution in [2.45, 2.75) is 74.5 Å². The second kappa shape index (κ2) is 16.0. The molecule has 2 saturated heterocycles. The SMILES string of the molecule is N=C(N)c1ccc(C(NC(=O)CCCCCNC(=O)CCCC[C@@H]2SC[C@@H]3NC(=O)N[C@@H]32)P(=O)(O)Oc2ccccc2)cc1. The molecule has 5 atom stereocenters. The Morgan fingerprint density at radius 3 is 2.45 bits per heavy atom. The minimum absolute atomic E-state index is 0.00581. The average molecular weight is 645 g/mol. The van der Waals surface area contributed by atoms with Crippen LogP contribution < -0.4 is 31.5 Å². The molecule has 2 aliphatic rings. The molecule has 2 heterocycles. The standard InChI is InChI=1S/C30H41N6O6PS/c31-28(32)20-14-16-21(17-15-20)29(43(40,41)42-22-9-3-1-4-10-22)35-26(38)13-5-2-8-18-33-25(37)12-7-6-11-24-27-23(19-44-24)34-30(39)36-27/h1,3-4,9-10,14-17,23-24,27,29H,2,5-8,11-13,18-19H2,(H3,31,32)(H,33,37)(H,35,38)(H,40,41)(H2,34,36,39)/t23-,24-,27-,29?/m0/s1. The Kier molecular flexibility index (Phi) is 12.1. The van der Waals surface area contributed by atoms with E-state index >= 15 is 0 Å². The van der Waals surface area contributed by atoms with Gasteiger partial charge in [-0.2, -0.15) is 11.8 Å². The van der Waals surface area contributed by atoms with Gasteiger partial charge in [-0.05, 0) is 43.4 Å². The van der Waals surface area contributed by atoms with E-state index in [0.717, 1.165) is 25.0 Å². The van der Waals surface area contributed by atoms with E-state index in [-0.39, 0.29) is 42.0 Å². The summed E-state index contributed by atoms with van der Waals surface area (Å²) in [5.74, 6) is -0.735. The van der Waals surface area contributed by atoms with Crippen molar-refractivity contribution < 1.29 is 28.4 Å². The van der Waals surface area contributed by atoms with Crippen molar-refractivity contribution in [2.24, 2.45) is 5.73 Å². The van der Waals surface area contributed by atoms with Crippen LogP contribution in [0.1, 0.15) is 68.3 Å². The molecule has 2 aliphatic heterocycles. The predicted octanol–water partition coefficient (Wildman–Crippen LogP) is 3.75. The van der Waals surface area contributed by atoms with E-state index < -0.39 is 19.3 Å². The second-order valence-corrected chi connectivity index (χ2v) is 14.1. The number of benzene rings is 2. The van der Waals surface area contributed by atoms with Crippen molar-refractivity contribution in [3.8, 4) is 5.75 Å². The first-order valence-corrected chi connectivity index (χ1v) is 17.6. The number of carbonyl (C=O) groups excluding carboxylic acids is 3. The minimum atomic E-state index is -4.41. The summed E-state index contributed by atoms with van der Waals surface area (Å²) in [6, 6.07) is 14.7. The first-order chi connectivity index (χ1) is 21.1. The van der Waals surface area contributed by atoms with Gasteiger partial charge in [-0.15, -0.1) is 0 Å². The van der Waals surface area contributed by atoms with Crippen LogP contribution in [0.2, 0.25) is 0 Å². The summed E-state index contributed by atoms with van der Waals surface area (Å²) >= 11 is 1.87. The Morgan fingerprint density at radius 1 is 1.02 bits per heavy atom. The highest BCUT2D eigenvalue weighted by Gasteiger charge is 2.42. The molecule has 8 N–H and O–H groups in total. The fourth-order valence-electron chi connectivity index (χ4n) is 5.29. The normalized spacial score (nSPS) is 20.8. The van der Waals surface area contributed by atoms with E-state index in [1.807, 2.05) is 11.8 Å². The third kappa shape index (κ3) is 9.73. The highest BCUT2D eigenvalue weighted by atomic mass is 32.2. The summed E-state index contributed by atoms with van der Waals surface area (Å²) in [6.07, 6.45) is 5.24. The monoisotopic (exact) mass is 644 g/mol. The first-order valence-electron chi connectivity index (χ1n) is 14.9. The van der Waals surface area contributed by atoms with Crippen molar-refractivity contribution in [2.75, 3.05) is 12.3 Å². The lowest BCUT2D eigenvalue weighted by molar-refractivity contribution is -0.122. The van der Waals surface area contributed by atoms with Gasteiger partial charge < -0.3 is 36.4 Å². The number of amides is 4. The number of carbonyl (C=O) groups is 3. The van der Waals surface area contributed by atoms with Crippen LogP contribution in [-0.2, 0) is 14.2 Å². The van der Waals surface area contributed by atoms with Crippen LogP contribution in [0.4, 0.5) is 4.79 Å². The number of para-hydroxylation sites is 1. The van der Waals surface area contributed by atoms with E-state index in [1.165, 1.54) is 12.1 Å². The zero-order chi connectivity index (χ0) is 31.5. The van der Waals surface area contributed by atoms with Crippen molar-refractivity contribution in [1.29, 1.82) is 5.41 Å². The first kappa shape index (κ1) is 33.4. The topological polar surface area (TPSA) is 196 Å². The minimum Gasteiger partial charge on any atom is -0.423 e.